The maximum absolute atomic E-state index is 13.1. The number of methoxy groups -OCH3 is 1. The summed E-state index contributed by atoms with van der Waals surface area (Å²) in [7, 11) is 1.30. The number of aryl methyl sites for hydroxylation is 1. The van der Waals surface area contributed by atoms with Gasteiger partial charge in [0.25, 0.3) is 5.91 Å². The Morgan fingerprint density at radius 3 is 2.54 bits per heavy atom. The summed E-state index contributed by atoms with van der Waals surface area (Å²) in [4.78, 5) is 42.9. The Morgan fingerprint density at radius 1 is 1.31 bits per heavy atom. The number of hydrogen-bond donors (Lipinski definition) is 1. The predicted molar refractivity (Wildman–Crippen MR) is 101 cm³/mol. The van der Waals surface area contributed by atoms with Crippen LogP contribution in [0.1, 0.15) is 62.0 Å². The van der Waals surface area contributed by atoms with Gasteiger partial charge in [0.1, 0.15) is 5.69 Å². The molecule has 0 saturated carbocycles. The Labute approximate surface area is 157 Å². The standard InChI is InChI=1S/C19H24N2O4S/c1-6-9-21(18(23)14-8-7-10-26-14)13(4)17(22)15-11(2)16(19(24)25-5)20-12(15)3/h7-8,10,13,20H,6,9H2,1-5H3/t13-/m0/s1. The maximum atomic E-state index is 13.1. The molecular weight excluding hydrogens is 352 g/mol. The van der Waals surface area contributed by atoms with Gasteiger partial charge in [-0.15, -0.1) is 11.3 Å². The Hall–Kier alpha value is -2.41. The lowest BCUT2D eigenvalue weighted by atomic mass is 9.99. The van der Waals surface area contributed by atoms with E-state index in [1.54, 1.807) is 31.7 Å². The first kappa shape index (κ1) is 19.9. The van der Waals surface area contributed by atoms with E-state index in [1.807, 2.05) is 18.4 Å². The second-order valence-corrected chi connectivity index (χ2v) is 7.08. The highest BCUT2D eigenvalue weighted by atomic mass is 32.1. The Bertz CT molecular complexity index is 808. The minimum absolute atomic E-state index is 0.151. The summed E-state index contributed by atoms with van der Waals surface area (Å²) in [6.07, 6.45) is 0.743. The molecule has 0 spiro atoms. The average molecular weight is 376 g/mol. The lowest BCUT2D eigenvalue weighted by Gasteiger charge is -2.28. The van der Waals surface area contributed by atoms with Gasteiger partial charge in [0.2, 0.25) is 0 Å². The fraction of sp³-hybridized carbons (Fsp3) is 0.421. The number of amides is 1. The third kappa shape index (κ3) is 3.72. The molecule has 0 saturated heterocycles. The summed E-state index contributed by atoms with van der Waals surface area (Å²) in [6, 6.07) is 2.94. The van der Waals surface area contributed by atoms with Crippen LogP contribution in [0.2, 0.25) is 0 Å². The number of H-pyrrole nitrogens is 1. The Kier molecular flexibility index (Phi) is 6.37. The first-order valence-electron chi connectivity index (χ1n) is 8.49. The summed E-state index contributed by atoms with van der Waals surface area (Å²) < 4.78 is 4.75. The molecule has 2 rings (SSSR count). The minimum atomic E-state index is -0.636. The van der Waals surface area contributed by atoms with Crippen molar-refractivity contribution in [1.82, 2.24) is 9.88 Å². The van der Waals surface area contributed by atoms with Crippen molar-refractivity contribution in [2.24, 2.45) is 0 Å². The number of esters is 1. The van der Waals surface area contributed by atoms with E-state index in [2.05, 4.69) is 4.98 Å². The van der Waals surface area contributed by atoms with Crippen LogP contribution in [0.3, 0.4) is 0 Å². The molecule has 0 unspecified atom stereocenters. The van der Waals surface area contributed by atoms with E-state index in [0.29, 0.717) is 28.2 Å². The summed E-state index contributed by atoms with van der Waals surface area (Å²) in [5.41, 5.74) is 1.86. The second kappa shape index (κ2) is 8.31. The first-order valence-corrected chi connectivity index (χ1v) is 9.37. The van der Waals surface area contributed by atoms with Gasteiger partial charge in [0, 0.05) is 17.8 Å². The molecule has 1 atom stereocenters. The molecule has 1 N–H and O–H groups in total. The fourth-order valence-electron chi connectivity index (χ4n) is 3.03. The Balaban J connectivity index is 2.36. The molecule has 0 bridgehead atoms. The zero-order valence-corrected chi connectivity index (χ0v) is 16.5. The lowest BCUT2D eigenvalue weighted by Crippen LogP contribution is -2.43. The molecule has 7 heteroatoms. The van der Waals surface area contributed by atoms with E-state index in [1.165, 1.54) is 18.4 Å². The number of nitrogens with one attached hydrogen (secondary N) is 1. The van der Waals surface area contributed by atoms with Crippen molar-refractivity contribution < 1.29 is 19.1 Å². The van der Waals surface area contributed by atoms with Crippen molar-refractivity contribution >= 4 is 29.0 Å². The van der Waals surface area contributed by atoms with Crippen LogP contribution in [0.15, 0.2) is 17.5 Å². The molecule has 2 aromatic rings. The monoisotopic (exact) mass is 376 g/mol. The van der Waals surface area contributed by atoms with E-state index < -0.39 is 12.0 Å². The van der Waals surface area contributed by atoms with Gasteiger partial charge in [-0.2, -0.15) is 0 Å². The summed E-state index contributed by atoms with van der Waals surface area (Å²) in [5, 5.41) is 1.84. The van der Waals surface area contributed by atoms with Gasteiger partial charge in [-0.3, -0.25) is 9.59 Å². The number of thiophene rings is 1. The minimum Gasteiger partial charge on any atom is -0.464 e. The van der Waals surface area contributed by atoms with Crippen molar-refractivity contribution in [3.05, 3.63) is 44.9 Å². The normalized spacial score (nSPS) is 11.9. The third-order valence-electron chi connectivity index (χ3n) is 4.38. The molecule has 6 nitrogen and oxygen atoms in total. The quantitative estimate of drug-likeness (QED) is 0.591. The van der Waals surface area contributed by atoms with E-state index in [9.17, 15) is 14.4 Å². The number of rotatable bonds is 7. The highest BCUT2D eigenvalue weighted by molar-refractivity contribution is 7.12. The number of carbonyl (C=O) groups excluding carboxylic acids is 3. The molecule has 1 amide bonds. The molecule has 26 heavy (non-hydrogen) atoms. The van der Waals surface area contributed by atoms with Gasteiger partial charge in [0.05, 0.1) is 18.0 Å². The predicted octanol–water partition coefficient (Wildman–Crippen LogP) is 3.60. The number of carbonyl (C=O) groups is 3. The van der Waals surface area contributed by atoms with Crippen molar-refractivity contribution in [3.63, 3.8) is 0 Å². The van der Waals surface area contributed by atoms with Gasteiger partial charge >= 0.3 is 5.97 Å². The number of ether oxygens (including phenoxy) is 1. The van der Waals surface area contributed by atoms with Crippen LogP contribution < -0.4 is 0 Å². The summed E-state index contributed by atoms with van der Waals surface area (Å²) in [5.74, 6) is -0.858. The SMILES string of the molecule is CCCN(C(=O)c1cccs1)[C@@H](C)C(=O)c1c(C)[nH]c(C(=O)OC)c1C. The molecule has 0 aliphatic heterocycles. The topological polar surface area (TPSA) is 79.5 Å². The highest BCUT2D eigenvalue weighted by Crippen LogP contribution is 2.23. The largest absolute Gasteiger partial charge is 0.464 e. The van der Waals surface area contributed by atoms with Crippen LogP contribution in [-0.4, -0.2) is 47.2 Å². The molecule has 0 aromatic carbocycles. The fourth-order valence-corrected chi connectivity index (χ4v) is 3.71. The average Bonchev–Trinajstić information content (AvgIpc) is 3.25. The van der Waals surface area contributed by atoms with Gasteiger partial charge in [-0.25, -0.2) is 4.79 Å². The number of nitrogens with zero attached hydrogens (tertiary/aromatic N) is 1. The molecular formula is C19H24N2O4S. The molecule has 0 aliphatic rings. The molecule has 0 aliphatic carbocycles. The number of aromatic nitrogens is 1. The zero-order valence-electron chi connectivity index (χ0n) is 15.7. The van der Waals surface area contributed by atoms with E-state index >= 15 is 0 Å². The van der Waals surface area contributed by atoms with E-state index in [-0.39, 0.29) is 17.4 Å². The molecule has 140 valence electrons. The molecule has 2 aromatic heterocycles. The van der Waals surface area contributed by atoms with Crippen LogP contribution in [0.4, 0.5) is 0 Å². The van der Waals surface area contributed by atoms with Crippen molar-refractivity contribution in [2.45, 2.75) is 40.2 Å². The van der Waals surface area contributed by atoms with Gasteiger partial charge in [-0.1, -0.05) is 13.0 Å². The van der Waals surface area contributed by atoms with Crippen LogP contribution >= 0.6 is 11.3 Å². The summed E-state index contributed by atoms with van der Waals surface area (Å²) >= 11 is 1.36. The molecule has 0 radical (unpaired) electrons. The number of ketones is 1. The summed E-state index contributed by atoms with van der Waals surface area (Å²) in [6.45, 7) is 7.63. The Morgan fingerprint density at radius 2 is 2.00 bits per heavy atom. The van der Waals surface area contributed by atoms with Crippen molar-refractivity contribution in [1.29, 1.82) is 0 Å². The first-order chi connectivity index (χ1) is 12.3. The second-order valence-electron chi connectivity index (χ2n) is 6.13. The zero-order chi connectivity index (χ0) is 19.4. The van der Waals surface area contributed by atoms with Crippen LogP contribution in [0.25, 0.3) is 0 Å². The van der Waals surface area contributed by atoms with Crippen molar-refractivity contribution in [2.75, 3.05) is 13.7 Å². The smallest absolute Gasteiger partial charge is 0.354 e. The highest BCUT2D eigenvalue weighted by Gasteiger charge is 2.31. The van der Waals surface area contributed by atoms with Crippen LogP contribution in [0.5, 0.6) is 0 Å². The van der Waals surface area contributed by atoms with E-state index in [4.69, 9.17) is 4.74 Å². The van der Waals surface area contributed by atoms with Crippen LogP contribution in [0, 0.1) is 13.8 Å². The molecule has 2 heterocycles. The van der Waals surface area contributed by atoms with Gasteiger partial charge < -0.3 is 14.6 Å². The van der Waals surface area contributed by atoms with Crippen molar-refractivity contribution in [3.8, 4) is 0 Å². The van der Waals surface area contributed by atoms with E-state index in [0.717, 1.165) is 6.42 Å². The third-order valence-corrected chi connectivity index (χ3v) is 5.24. The van der Waals surface area contributed by atoms with Gasteiger partial charge in [-0.05, 0) is 44.2 Å². The molecule has 0 fully saturated rings. The maximum Gasteiger partial charge on any atom is 0.354 e. The number of aromatic amines is 1. The number of Topliss-reactive ketones (excluding diaryl/α,β-unsaturated/α-hetero) is 1. The number of hydrogen-bond acceptors (Lipinski definition) is 5. The van der Waals surface area contributed by atoms with Crippen LogP contribution in [-0.2, 0) is 4.74 Å². The lowest BCUT2D eigenvalue weighted by molar-refractivity contribution is 0.0592. The van der Waals surface area contributed by atoms with Gasteiger partial charge in [0.15, 0.2) is 5.78 Å².